The van der Waals surface area contributed by atoms with Gasteiger partial charge in [0.1, 0.15) is 5.69 Å². The van der Waals surface area contributed by atoms with E-state index in [-0.39, 0.29) is 23.8 Å². The molecule has 130 valence electrons. The number of rotatable bonds is 5. The van der Waals surface area contributed by atoms with Gasteiger partial charge in [-0.3, -0.25) is 14.5 Å². The highest BCUT2D eigenvalue weighted by molar-refractivity contribution is 6.01. The number of nitrogens with zero attached hydrogens (tertiary/aromatic N) is 1. The van der Waals surface area contributed by atoms with Crippen LogP contribution in [-0.4, -0.2) is 53.4 Å². The molecule has 8 nitrogen and oxygen atoms in total. The Bertz CT molecular complexity index is 691. The van der Waals surface area contributed by atoms with Gasteiger partial charge in [-0.25, -0.2) is 9.59 Å². The Morgan fingerprint density at radius 1 is 1.17 bits per heavy atom. The Balaban J connectivity index is 2.06. The van der Waals surface area contributed by atoms with Gasteiger partial charge in [-0.1, -0.05) is 0 Å². The zero-order valence-electron chi connectivity index (χ0n) is 13.9. The van der Waals surface area contributed by atoms with E-state index in [0.717, 1.165) is 4.90 Å². The molecule has 0 aromatic carbocycles. The summed E-state index contributed by atoms with van der Waals surface area (Å²) in [7, 11) is 0. The van der Waals surface area contributed by atoms with E-state index in [2.05, 4.69) is 4.98 Å². The fraction of sp³-hybridized carbons (Fsp3) is 0.500. The molecule has 0 bridgehead atoms. The number of ether oxygens (including phenoxy) is 2. The Kier molecular flexibility index (Phi) is 5.38. The first-order chi connectivity index (χ1) is 11.4. The predicted molar refractivity (Wildman–Crippen MR) is 82.5 cm³/mol. The van der Waals surface area contributed by atoms with Gasteiger partial charge in [-0.05, 0) is 32.8 Å². The fourth-order valence-electron chi connectivity index (χ4n) is 2.65. The van der Waals surface area contributed by atoms with Crippen LogP contribution in [0.1, 0.15) is 51.9 Å². The third-order valence-electron chi connectivity index (χ3n) is 3.82. The van der Waals surface area contributed by atoms with Crippen LogP contribution in [0.4, 0.5) is 0 Å². The Morgan fingerprint density at radius 3 is 2.46 bits per heavy atom. The minimum absolute atomic E-state index is 0.183. The highest BCUT2D eigenvalue weighted by Gasteiger charge is 2.28. The smallest absolute Gasteiger partial charge is 0.355 e. The summed E-state index contributed by atoms with van der Waals surface area (Å²) in [6.07, 6.45) is 0.954. The molecule has 1 aromatic heterocycles. The maximum atomic E-state index is 12.2. The van der Waals surface area contributed by atoms with Crippen molar-refractivity contribution in [3.8, 4) is 0 Å². The monoisotopic (exact) mass is 336 g/mol. The van der Waals surface area contributed by atoms with Crippen LogP contribution >= 0.6 is 0 Å². The van der Waals surface area contributed by atoms with Gasteiger partial charge < -0.3 is 14.5 Å². The number of carbonyl (C=O) groups excluding carboxylic acids is 4. The molecular weight excluding hydrogens is 316 g/mol. The summed E-state index contributed by atoms with van der Waals surface area (Å²) in [5.74, 6) is -2.08. The van der Waals surface area contributed by atoms with E-state index in [0.29, 0.717) is 30.6 Å². The van der Waals surface area contributed by atoms with E-state index < -0.39 is 24.5 Å². The second-order valence-electron chi connectivity index (χ2n) is 5.46. The molecule has 1 aromatic rings. The van der Waals surface area contributed by atoms with E-state index >= 15 is 0 Å². The zero-order chi connectivity index (χ0) is 17.9. The SMILES string of the molecule is CCOC(=O)c1[nH]c(C)c(C(=O)OCC(=O)N2CCCC2=O)c1C. The number of H-pyrrole nitrogens is 1. The topological polar surface area (TPSA) is 106 Å². The minimum Gasteiger partial charge on any atom is -0.461 e. The molecule has 1 aliphatic rings. The lowest BCUT2D eigenvalue weighted by molar-refractivity contribution is -0.143. The second-order valence-corrected chi connectivity index (χ2v) is 5.46. The molecule has 0 spiro atoms. The normalized spacial score (nSPS) is 14.0. The van der Waals surface area contributed by atoms with Crippen molar-refractivity contribution in [2.45, 2.75) is 33.6 Å². The van der Waals surface area contributed by atoms with Crippen LogP contribution in [0.2, 0.25) is 0 Å². The Hall–Kier alpha value is -2.64. The van der Waals surface area contributed by atoms with Crippen LogP contribution in [-0.2, 0) is 19.1 Å². The van der Waals surface area contributed by atoms with Gasteiger partial charge in [0.2, 0.25) is 5.91 Å². The highest BCUT2D eigenvalue weighted by Crippen LogP contribution is 2.20. The molecule has 1 fully saturated rings. The number of nitrogens with one attached hydrogen (secondary N) is 1. The minimum atomic E-state index is -0.725. The number of carbonyl (C=O) groups is 4. The summed E-state index contributed by atoms with van der Waals surface area (Å²) in [6.45, 7) is 4.96. The average molecular weight is 336 g/mol. The zero-order valence-corrected chi connectivity index (χ0v) is 13.9. The van der Waals surface area contributed by atoms with E-state index in [1.54, 1.807) is 20.8 Å². The molecule has 2 rings (SSSR count). The van der Waals surface area contributed by atoms with Gasteiger partial charge in [0.15, 0.2) is 6.61 Å². The quantitative estimate of drug-likeness (QED) is 0.808. The number of aryl methyl sites for hydroxylation is 1. The Morgan fingerprint density at radius 2 is 1.88 bits per heavy atom. The van der Waals surface area contributed by atoms with Crippen molar-refractivity contribution in [2.24, 2.45) is 0 Å². The summed E-state index contributed by atoms with van der Waals surface area (Å²) in [4.78, 5) is 51.3. The molecule has 1 N–H and O–H groups in total. The number of hydrogen-bond acceptors (Lipinski definition) is 6. The lowest BCUT2D eigenvalue weighted by Crippen LogP contribution is -2.35. The van der Waals surface area contributed by atoms with E-state index in [1.807, 2.05) is 0 Å². The molecule has 0 radical (unpaired) electrons. The van der Waals surface area contributed by atoms with Crippen molar-refractivity contribution in [3.05, 3.63) is 22.5 Å². The summed E-state index contributed by atoms with van der Waals surface area (Å²) >= 11 is 0. The van der Waals surface area contributed by atoms with Crippen molar-refractivity contribution in [1.82, 2.24) is 9.88 Å². The third-order valence-corrected chi connectivity index (χ3v) is 3.82. The molecule has 0 atom stereocenters. The highest BCUT2D eigenvalue weighted by atomic mass is 16.5. The first-order valence-electron chi connectivity index (χ1n) is 7.73. The van der Waals surface area contributed by atoms with Gasteiger partial charge in [0.05, 0.1) is 12.2 Å². The number of likely N-dealkylation sites (tertiary alicyclic amines) is 1. The molecule has 1 aliphatic heterocycles. The van der Waals surface area contributed by atoms with Crippen LogP contribution in [0, 0.1) is 13.8 Å². The van der Waals surface area contributed by atoms with Gasteiger partial charge in [-0.15, -0.1) is 0 Å². The van der Waals surface area contributed by atoms with Crippen molar-refractivity contribution in [1.29, 1.82) is 0 Å². The van der Waals surface area contributed by atoms with Crippen LogP contribution in [0.25, 0.3) is 0 Å². The molecule has 0 unspecified atom stereocenters. The van der Waals surface area contributed by atoms with Gasteiger partial charge in [0, 0.05) is 18.7 Å². The summed E-state index contributed by atoms with van der Waals surface area (Å²) < 4.78 is 9.92. The number of amides is 2. The van der Waals surface area contributed by atoms with Crippen molar-refractivity contribution in [3.63, 3.8) is 0 Å². The number of hydrogen-bond donors (Lipinski definition) is 1. The molecule has 0 saturated carbocycles. The van der Waals surface area contributed by atoms with E-state index in [9.17, 15) is 19.2 Å². The average Bonchev–Trinajstić information content (AvgIpc) is 3.08. The van der Waals surface area contributed by atoms with Gasteiger partial charge in [-0.2, -0.15) is 0 Å². The Labute approximate surface area is 139 Å². The maximum absolute atomic E-state index is 12.2. The number of aromatic amines is 1. The summed E-state index contributed by atoms with van der Waals surface area (Å²) in [5.41, 5.74) is 1.23. The molecule has 2 amide bonds. The van der Waals surface area contributed by atoms with E-state index in [4.69, 9.17) is 9.47 Å². The largest absolute Gasteiger partial charge is 0.461 e. The number of imide groups is 1. The first kappa shape index (κ1) is 17.7. The van der Waals surface area contributed by atoms with Crippen LogP contribution < -0.4 is 0 Å². The molecule has 24 heavy (non-hydrogen) atoms. The third kappa shape index (κ3) is 3.47. The summed E-state index contributed by atoms with van der Waals surface area (Å²) in [6, 6.07) is 0. The van der Waals surface area contributed by atoms with Crippen molar-refractivity contribution < 1.29 is 28.7 Å². The van der Waals surface area contributed by atoms with Crippen LogP contribution in [0.15, 0.2) is 0 Å². The fourth-order valence-corrected chi connectivity index (χ4v) is 2.65. The lowest BCUT2D eigenvalue weighted by Gasteiger charge is -2.13. The second kappa shape index (κ2) is 7.29. The standard InChI is InChI=1S/C16H20N2O6/c1-4-23-16(22)14-9(2)13(10(3)17-14)15(21)24-8-12(20)18-7-5-6-11(18)19/h17H,4-8H2,1-3H3. The molecule has 0 aliphatic carbocycles. The summed E-state index contributed by atoms with van der Waals surface area (Å²) in [5, 5.41) is 0. The number of aromatic nitrogens is 1. The predicted octanol–water partition coefficient (Wildman–Crippen LogP) is 1.11. The lowest BCUT2D eigenvalue weighted by atomic mass is 10.1. The van der Waals surface area contributed by atoms with Gasteiger partial charge in [0.25, 0.3) is 5.91 Å². The maximum Gasteiger partial charge on any atom is 0.355 e. The first-order valence-corrected chi connectivity index (χ1v) is 7.73. The molecule has 8 heteroatoms. The number of esters is 2. The van der Waals surface area contributed by atoms with E-state index in [1.165, 1.54) is 0 Å². The van der Waals surface area contributed by atoms with Crippen LogP contribution in [0.5, 0.6) is 0 Å². The van der Waals surface area contributed by atoms with Crippen LogP contribution in [0.3, 0.4) is 0 Å². The van der Waals surface area contributed by atoms with Gasteiger partial charge >= 0.3 is 11.9 Å². The molecule has 1 saturated heterocycles. The molecule has 2 heterocycles. The van der Waals surface area contributed by atoms with Crippen molar-refractivity contribution in [2.75, 3.05) is 19.8 Å². The van der Waals surface area contributed by atoms with Crippen molar-refractivity contribution >= 4 is 23.8 Å². The molecular formula is C16H20N2O6.